The maximum atomic E-state index is 4.89. The maximum absolute atomic E-state index is 4.89. The molecule has 19 heavy (non-hydrogen) atoms. The zero-order valence-electron chi connectivity index (χ0n) is 11.4. The molecule has 0 unspecified atom stereocenters. The third-order valence-corrected chi connectivity index (χ3v) is 2.07. The van der Waals surface area contributed by atoms with E-state index in [9.17, 15) is 0 Å². The van der Waals surface area contributed by atoms with E-state index in [2.05, 4.69) is 79.1 Å². The third-order valence-electron chi connectivity index (χ3n) is 2.07. The Hall–Kier alpha value is 1.29. The van der Waals surface area contributed by atoms with Crippen molar-refractivity contribution in [3.05, 3.63) is 63.2 Å². The average Bonchev–Trinajstić information content (AvgIpc) is 3.05. The summed E-state index contributed by atoms with van der Waals surface area (Å²) in [4.78, 5) is 0. The van der Waals surface area contributed by atoms with Crippen LogP contribution in [0.1, 0.15) is 27.7 Å². The Morgan fingerprint density at radius 2 is 0.895 bits per heavy atom. The van der Waals surface area contributed by atoms with Crippen molar-refractivity contribution >= 4 is 18.6 Å². The molecule has 2 rings (SSSR count). The van der Waals surface area contributed by atoms with Crippen LogP contribution < -0.4 is 0 Å². The van der Waals surface area contributed by atoms with Gasteiger partial charge >= 0.3 is 35.6 Å². The first-order chi connectivity index (χ1) is 9.02. The Morgan fingerprint density at radius 1 is 0.684 bits per heavy atom. The van der Waals surface area contributed by atoms with Crippen molar-refractivity contribution < 1.29 is 17.0 Å². The van der Waals surface area contributed by atoms with Crippen LogP contribution in [0.3, 0.4) is 0 Å². The van der Waals surface area contributed by atoms with Gasteiger partial charge in [-0.3, -0.25) is 0 Å². The standard InChI is InChI=1S/2C8H7.2ClH.Ti/c2*1-7(2)8-5-3-4-6-8;;;/h2*7H,1-2H3;2*1H;/q;;;;+2/p-2. The van der Waals surface area contributed by atoms with E-state index in [0.29, 0.717) is 11.8 Å². The Labute approximate surface area is 138 Å². The van der Waals surface area contributed by atoms with Gasteiger partial charge in [0.05, 0.1) is 0 Å². The fourth-order valence-electron chi connectivity index (χ4n) is 1.03. The van der Waals surface area contributed by atoms with Crippen molar-refractivity contribution in [3.63, 3.8) is 0 Å². The summed E-state index contributed by atoms with van der Waals surface area (Å²) < 4.78 is 0. The molecule has 0 aromatic carbocycles. The molecule has 0 aliphatic heterocycles. The van der Waals surface area contributed by atoms with Crippen LogP contribution in [0, 0.1) is 75.0 Å². The average molecular weight is 325 g/mol. The first-order valence-electron chi connectivity index (χ1n) is 5.76. The summed E-state index contributed by atoms with van der Waals surface area (Å²) in [5.41, 5.74) is 0. The molecule has 0 spiro atoms. The van der Waals surface area contributed by atoms with E-state index in [0.717, 1.165) is 11.8 Å². The molecular weight excluding hydrogens is 311 g/mol. The second kappa shape index (κ2) is 13.0. The summed E-state index contributed by atoms with van der Waals surface area (Å²) in [5.74, 6) is 3.17. The minimum atomic E-state index is -0.556. The van der Waals surface area contributed by atoms with Gasteiger partial charge < -0.3 is 0 Å². The quantitative estimate of drug-likeness (QED) is 0.657. The molecule has 2 fully saturated rings. The van der Waals surface area contributed by atoms with Crippen LogP contribution in [0.5, 0.6) is 0 Å². The zero-order valence-corrected chi connectivity index (χ0v) is 14.5. The van der Waals surface area contributed by atoms with Crippen molar-refractivity contribution in [3.8, 4) is 0 Å². The van der Waals surface area contributed by atoms with E-state index in [-0.39, 0.29) is 0 Å². The molecule has 0 nitrogen and oxygen atoms in total. The van der Waals surface area contributed by atoms with E-state index < -0.39 is 17.0 Å². The molecule has 2 aliphatic rings. The topological polar surface area (TPSA) is 0 Å². The van der Waals surface area contributed by atoms with Gasteiger partial charge in [-0.05, 0) is 75.0 Å². The summed E-state index contributed by atoms with van der Waals surface area (Å²) >= 11 is -0.556. The van der Waals surface area contributed by atoms with Crippen molar-refractivity contribution in [1.82, 2.24) is 0 Å². The van der Waals surface area contributed by atoms with E-state index >= 15 is 0 Å². The first kappa shape index (κ1) is 20.3. The molecule has 0 saturated heterocycles. The molecular formula is C16H14Cl2Ti. The van der Waals surface area contributed by atoms with Crippen LogP contribution in [0.4, 0.5) is 0 Å². The predicted octanol–water partition coefficient (Wildman–Crippen LogP) is 4.49. The fourth-order valence-corrected chi connectivity index (χ4v) is 1.03. The first-order valence-corrected chi connectivity index (χ1v) is 10.1. The molecule has 96 valence electrons. The third kappa shape index (κ3) is 10.6. The van der Waals surface area contributed by atoms with Gasteiger partial charge in [-0.15, -0.1) is 0 Å². The number of halogens is 2. The van der Waals surface area contributed by atoms with Gasteiger partial charge in [0.25, 0.3) is 0 Å². The molecule has 2 saturated carbocycles. The van der Waals surface area contributed by atoms with Gasteiger partial charge in [-0.25, -0.2) is 0 Å². The Morgan fingerprint density at radius 3 is 1.00 bits per heavy atom. The van der Waals surface area contributed by atoms with Gasteiger partial charge in [0.1, 0.15) is 0 Å². The van der Waals surface area contributed by atoms with Gasteiger partial charge in [0, 0.05) is 0 Å². The molecule has 0 N–H and O–H groups in total. The zero-order chi connectivity index (χ0) is 14.7. The fraction of sp³-hybridized carbons (Fsp3) is 0.375. The van der Waals surface area contributed by atoms with Crippen molar-refractivity contribution in [2.45, 2.75) is 27.7 Å². The van der Waals surface area contributed by atoms with Gasteiger partial charge in [0.2, 0.25) is 0 Å². The number of hydrogen-bond acceptors (Lipinski definition) is 0. The SMILES string of the molecule is CC(C)[C]1[C][C][C][C]1.CC(C)[C]1[C][C][C][C]1.[Cl][Ti][Cl]. The molecule has 3 heteroatoms. The Bertz CT molecular complexity index is 163. The summed E-state index contributed by atoms with van der Waals surface area (Å²) in [5, 5.41) is 0. The Kier molecular flexibility index (Phi) is 13.9. The minimum absolute atomic E-state index is 0.512. The second-order valence-electron chi connectivity index (χ2n) is 4.21. The summed E-state index contributed by atoms with van der Waals surface area (Å²) in [6.45, 7) is 8.40. The van der Waals surface area contributed by atoms with E-state index in [4.69, 9.17) is 18.6 Å². The predicted molar refractivity (Wildman–Crippen MR) is 73.8 cm³/mol. The number of hydrogen-bond donors (Lipinski definition) is 0. The van der Waals surface area contributed by atoms with Gasteiger partial charge in [-0.2, -0.15) is 0 Å². The van der Waals surface area contributed by atoms with Gasteiger partial charge in [-0.1, -0.05) is 27.7 Å². The molecule has 0 atom stereocenters. The molecule has 0 bridgehead atoms. The molecule has 0 heterocycles. The summed E-state index contributed by atoms with van der Waals surface area (Å²) in [6, 6.07) is 0. The van der Waals surface area contributed by atoms with Crippen LogP contribution in [0.2, 0.25) is 0 Å². The van der Waals surface area contributed by atoms with Crippen molar-refractivity contribution in [2.24, 2.45) is 11.8 Å². The van der Waals surface area contributed by atoms with Crippen LogP contribution in [-0.4, -0.2) is 0 Å². The second-order valence-corrected chi connectivity index (χ2v) is 6.79. The molecule has 0 aromatic rings. The molecule has 2 aliphatic carbocycles. The number of rotatable bonds is 2. The van der Waals surface area contributed by atoms with Crippen LogP contribution in [0.15, 0.2) is 0 Å². The van der Waals surface area contributed by atoms with Crippen molar-refractivity contribution in [1.29, 1.82) is 0 Å². The Balaban J connectivity index is 0.000000284. The van der Waals surface area contributed by atoms with Gasteiger partial charge in [0.15, 0.2) is 0 Å². The van der Waals surface area contributed by atoms with Crippen LogP contribution in [-0.2, 0) is 17.0 Å². The monoisotopic (exact) mass is 324 g/mol. The summed E-state index contributed by atoms with van der Waals surface area (Å²) in [7, 11) is 9.78. The van der Waals surface area contributed by atoms with Crippen LogP contribution in [0.25, 0.3) is 0 Å². The summed E-state index contributed by atoms with van der Waals surface area (Å²) in [6.07, 6.45) is 22.4. The van der Waals surface area contributed by atoms with Crippen molar-refractivity contribution in [2.75, 3.05) is 0 Å². The van der Waals surface area contributed by atoms with E-state index in [1.54, 1.807) is 0 Å². The molecule has 18 radical (unpaired) electrons. The molecule has 0 amide bonds. The normalized spacial score (nSPS) is 20.0. The van der Waals surface area contributed by atoms with E-state index in [1.807, 2.05) is 0 Å². The molecule has 0 aromatic heterocycles. The van der Waals surface area contributed by atoms with Crippen LogP contribution >= 0.6 is 18.6 Å². The van der Waals surface area contributed by atoms with E-state index in [1.165, 1.54) is 0 Å².